The van der Waals surface area contributed by atoms with E-state index >= 15 is 0 Å². The number of benzene rings is 3. The highest BCUT2D eigenvalue weighted by Crippen LogP contribution is 2.20. The highest BCUT2D eigenvalue weighted by Gasteiger charge is 2.30. The van der Waals surface area contributed by atoms with Gasteiger partial charge in [0.25, 0.3) is 5.69 Å². The van der Waals surface area contributed by atoms with Crippen LogP contribution in [0.4, 0.5) is 5.69 Å². The first kappa shape index (κ1) is 27.9. The second-order valence-corrected chi connectivity index (χ2v) is 9.93. The second kappa shape index (κ2) is 14.2. The fraction of sp³-hybridized carbons (Fsp3) is 0.310. The van der Waals surface area contributed by atoms with Gasteiger partial charge in [0.2, 0.25) is 11.8 Å². The van der Waals surface area contributed by atoms with Crippen LogP contribution in [0.25, 0.3) is 0 Å². The van der Waals surface area contributed by atoms with E-state index in [-0.39, 0.29) is 29.3 Å². The van der Waals surface area contributed by atoms with Crippen molar-refractivity contribution in [1.29, 1.82) is 0 Å². The normalized spacial score (nSPS) is 12.4. The lowest BCUT2D eigenvalue weighted by Crippen LogP contribution is -2.52. The van der Waals surface area contributed by atoms with Crippen molar-refractivity contribution in [2.45, 2.75) is 51.1 Å². The van der Waals surface area contributed by atoms with E-state index in [0.29, 0.717) is 18.7 Å². The summed E-state index contributed by atoms with van der Waals surface area (Å²) in [5, 5.41) is 14.0. The first-order valence-corrected chi connectivity index (χ1v) is 13.5. The van der Waals surface area contributed by atoms with E-state index in [2.05, 4.69) is 5.32 Å². The van der Waals surface area contributed by atoms with E-state index in [1.165, 1.54) is 23.9 Å². The molecule has 0 spiro atoms. The minimum Gasteiger partial charge on any atom is -0.352 e. The smallest absolute Gasteiger partial charge is 0.269 e. The van der Waals surface area contributed by atoms with Crippen LogP contribution in [0.2, 0.25) is 0 Å². The predicted octanol–water partition coefficient (Wildman–Crippen LogP) is 5.38. The molecule has 2 amide bonds. The number of carbonyl (C=O) groups excluding carboxylic acids is 2. The summed E-state index contributed by atoms with van der Waals surface area (Å²) >= 11 is 1.43. The monoisotopic (exact) mass is 519 g/mol. The minimum absolute atomic E-state index is 0.00374. The fourth-order valence-corrected chi connectivity index (χ4v) is 4.70. The fourth-order valence-electron chi connectivity index (χ4n) is 3.83. The summed E-state index contributed by atoms with van der Waals surface area (Å²) in [6.45, 7) is 4.29. The molecule has 0 unspecified atom stereocenters. The summed E-state index contributed by atoms with van der Waals surface area (Å²) in [5.74, 6) is 0.427. The van der Waals surface area contributed by atoms with Crippen molar-refractivity contribution >= 4 is 29.3 Å². The molecule has 3 aromatic rings. The van der Waals surface area contributed by atoms with Gasteiger partial charge < -0.3 is 10.2 Å². The Morgan fingerprint density at radius 1 is 0.919 bits per heavy atom. The van der Waals surface area contributed by atoms with Gasteiger partial charge in [-0.15, -0.1) is 11.8 Å². The lowest BCUT2D eigenvalue weighted by Gasteiger charge is -2.32. The number of rotatable bonds is 13. The van der Waals surface area contributed by atoms with Gasteiger partial charge >= 0.3 is 0 Å². The third kappa shape index (κ3) is 8.75. The summed E-state index contributed by atoms with van der Waals surface area (Å²) in [6.07, 6.45) is 1.20. The van der Waals surface area contributed by atoms with Crippen molar-refractivity contribution in [3.8, 4) is 0 Å². The number of thioether (sulfide) groups is 1. The summed E-state index contributed by atoms with van der Waals surface area (Å²) in [7, 11) is 0. The molecule has 0 heterocycles. The van der Waals surface area contributed by atoms with Gasteiger partial charge in [-0.05, 0) is 30.0 Å². The molecule has 0 aliphatic carbocycles. The van der Waals surface area contributed by atoms with Crippen LogP contribution in [-0.2, 0) is 28.3 Å². The summed E-state index contributed by atoms with van der Waals surface area (Å²) in [4.78, 5) is 39.2. The molecule has 0 aliphatic rings. The van der Waals surface area contributed by atoms with Gasteiger partial charge in [0, 0.05) is 36.9 Å². The molecule has 0 radical (unpaired) electrons. The zero-order chi connectivity index (χ0) is 26.6. The van der Waals surface area contributed by atoms with E-state index in [0.717, 1.165) is 23.1 Å². The van der Waals surface area contributed by atoms with Crippen LogP contribution in [-0.4, -0.2) is 39.5 Å². The Labute approximate surface area is 222 Å². The van der Waals surface area contributed by atoms with Crippen LogP contribution in [0.3, 0.4) is 0 Å². The predicted molar refractivity (Wildman–Crippen MR) is 148 cm³/mol. The number of nitro groups is 1. The van der Waals surface area contributed by atoms with Crippen LogP contribution < -0.4 is 5.32 Å². The molecule has 0 fully saturated rings. The molecule has 0 bridgehead atoms. The SMILES string of the molecule is CC[C@H](C)NC(=O)[C@@H](Cc1ccccc1)N(Cc1ccccc1)C(=O)CSCc1ccc([N+](=O)[O-])cc1. The van der Waals surface area contributed by atoms with Gasteiger partial charge in [0.15, 0.2) is 0 Å². The number of nitro benzene ring substituents is 1. The maximum Gasteiger partial charge on any atom is 0.269 e. The quantitative estimate of drug-likeness (QED) is 0.242. The van der Waals surface area contributed by atoms with Crippen LogP contribution in [0.5, 0.6) is 0 Å². The maximum absolute atomic E-state index is 13.6. The number of non-ortho nitro benzene ring substituents is 1. The third-order valence-corrected chi connectivity index (χ3v) is 7.10. The molecular weight excluding hydrogens is 486 g/mol. The van der Waals surface area contributed by atoms with E-state index in [1.54, 1.807) is 17.0 Å². The average Bonchev–Trinajstić information content (AvgIpc) is 2.91. The molecule has 8 heteroatoms. The zero-order valence-corrected chi connectivity index (χ0v) is 22.0. The molecule has 0 aliphatic heterocycles. The van der Waals surface area contributed by atoms with Gasteiger partial charge in [-0.25, -0.2) is 0 Å². The van der Waals surface area contributed by atoms with E-state index in [1.807, 2.05) is 74.5 Å². The number of amides is 2. The molecule has 1 N–H and O–H groups in total. The number of nitrogens with one attached hydrogen (secondary N) is 1. The van der Waals surface area contributed by atoms with Crippen molar-refractivity contribution in [3.63, 3.8) is 0 Å². The van der Waals surface area contributed by atoms with Gasteiger partial charge in [-0.2, -0.15) is 0 Å². The van der Waals surface area contributed by atoms with E-state index < -0.39 is 11.0 Å². The molecular formula is C29H33N3O4S. The molecule has 0 saturated carbocycles. The second-order valence-electron chi connectivity index (χ2n) is 8.95. The highest BCUT2D eigenvalue weighted by molar-refractivity contribution is 7.99. The molecule has 3 rings (SSSR count). The van der Waals surface area contributed by atoms with Gasteiger partial charge in [-0.1, -0.05) is 79.7 Å². The number of hydrogen-bond acceptors (Lipinski definition) is 5. The Morgan fingerprint density at radius 3 is 2.08 bits per heavy atom. The van der Waals surface area contributed by atoms with Crippen LogP contribution in [0, 0.1) is 10.1 Å². The van der Waals surface area contributed by atoms with Crippen LogP contribution in [0.1, 0.15) is 37.0 Å². The lowest BCUT2D eigenvalue weighted by atomic mass is 10.0. The minimum atomic E-state index is -0.663. The largest absolute Gasteiger partial charge is 0.352 e. The first-order chi connectivity index (χ1) is 17.9. The van der Waals surface area contributed by atoms with Crippen molar-refractivity contribution in [1.82, 2.24) is 10.2 Å². The lowest BCUT2D eigenvalue weighted by molar-refractivity contribution is -0.384. The number of carbonyl (C=O) groups is 2. The molecule has 194 valence electrons. The topological polar surface area (TPSA) is 92.6 Å². The molecule has 0 saturated heterocycles. The number of nitrogens with zero attached hydrogens (tertiary/aromatic N) is 2. The molecule has 37 heavy (non-hydrogen) atoms. The van der Waals surface area contributed by atoms with Crippen molar-refractivity contribution < 1.29 is 14.5 Å². The standard InChI is InChI=1S/C29H33N3O4S/c1-3-22(2)30-29(34)27(18-23-10-6-4-7-11-23)31(19-24-12-8-5-9-13-24)28(33)21-37-20-25-14-16-26(17-15-25)32(35)36/h4-17,22,27H,3,18-21H2,1-2H3,(H,30,34)/t22-,27+/m0/s1. The molecule has 2 atom stereocenters. The summed E-state index contributed by atoms with van der Waals surface area (Å²) in [6, 6.07) is 25.1. The Morgan fingerprint density at radius 2 is 1.51 bits per heavy atom. The van der Waals surface area contributed by atoms with E-state index in [9.17, 15) is 19.7 Å². The van der Waals surface area contributed by atoms with Crippen molar-refractivity contribution in [2.75, 3.05) is 5.75 Å². The van der Waals surface area contributed by atoms with Crippen LogP contribution in [0.15, 0.2) is 84.9 Å². The Bertz CT molecular complexity index is 1160. The highest BCUT2D eigenvalue weighted by atomic mass is 32.2. The summed E-state index contributed by atoms with van der Waals surface area (Å²) < 4.78 is 0. The Balaban J connectivity index is 1.80. The third-order valence-electron chi connectivity index (χ3n) is 6.11. The number of hydrogen-bond donors (Lipinski definition) is 1. The Hall–Kier alpha value is -3.65. The van der Waals surface area contributed by atoms with Gasteiger partial charge in [0.1, 0.15) is 6.04 Å². The summed E-state index contributed by atoms with van der Waals surface area (Å²) in [5.41, 5.74) is 2.87. The van der Waals surface area contributed by atoms with Crippen molar-refractivity contribution in [2.24, 2.45) is 0 Å². The molecule has 3 aromatic carbocycles. The maximum atomic E-state index is 13.6. The van der Waals surface area contributed by atoms with E-state index in [4.69, 9.17) is 0 Å². The molecule has 7 nitrogen and oxygen atoms in total. The van der Waals surface area contributed by atoms with Gasteiger partial charge in [0.05, 0.1) is 10.7 Å². The van der Waals surface area contributed by atoms with Crippen LogP contribution >= 0.6 is 11.8 Å². The first-order valence-electron chi connectivity index (χ1n) is 12.4. The average molecular weight is 520 g/mol. The Kier molecular flexibility index (Phi) is 10.7. The molecule has 0 aromatic heterocycles. The van der Waals surface area contributed by atoms with Gasteiger partial charge in [-0.3, -0.25) is 19.7 Å². The van der Waals surface area contributed by atoms with Crippen molar-refractivity contribution in [3.05, 3.63) is 112 Å². The zero-order valence-electron chi connectivity index (χ0n) is 21.2.